The molecule has 11 heteroatoms. The maximum Gasteiger partial charge on any atom is 0.213 e. The molecule has 0 fully saturated rings. The average molecular weight is 543 g/mol. The first kappa shape index (κ1) is 27.4. The smallest absolute Gasteiger partial charge is 0.213 e. The number of fused-ring (bicyclic) bond motifs is 1. The van der Waals surface area contributed by atoms with Crippen LogP contribution >= 0.6 is 0 Å². The molecular weight excluding hydrogens is 512 g/mol. The summed E-state index contributed by atoms with van der Waals surface area (Å²) in [4.78, 5) is 15.2. The molecule has 0 amide bonds. The highest BCUT2D eigenvalue weighted by molar-refractivity contribution is 7.70. The normalized spacial score (nSPS) is 15.4. The Bertz CT molecular complexity index is 1300. The van der Waals surface area contributed by atoms with Crippen LogP contribution in [-0.2, 0) is 15.7 Å². The van der Waals surface area contributed by atoms with Crippen molar-refractivity contribution in [1.29, 1.82) is 0 Å². The van der Waals surface area contributed by atoms with Gasteiger partial charge in [-0.05, 0) is 43.7 Å². The van der Waals surface area contributed by atoms with E-state index in [0.29, 0.717) is 53.8 Å². The highest BCUT2D eigenvalue weighted by Gasteiger charge is 2.29. The number of nitrogens with zero attached hydrogens (tertiary/aromatic N) is 1. The van der Waals surface area contributed by atoms with Gasteiger partial charge in [0, 0.05) is 24.5 Å². The van der Waals surface area contributed by atoms with Crippen molar-refractivity contribution in [1.82, 2.24) is 9.71 Å². The first-order valence-electron chi connectivity index (χ1n) is 12.1. The molecule has 0 saturated heterocycles. The van der Waals surface area contributed by atoms with Crippen LogP contribution in [0.4, 0.5) is 0 Å². The molecule has 10 nitrogen and oxygen atoms in total. The van der Waals surface area contributed by atoms with Crippen LogP contribution in [0.3, 0.4) is 0 Å². The van der Waals surface area contributed by atoms with Crippen LogP contribution in [0.2, 0.25) is 0 Å². The third kappa shape index (κ3) is 7.44. The Morgan fingerprint density at radius 3 is 2.58 bits per heavy atom. The van der Waals surface area contributed by atoms with Gasteiger partial charge < -0.3 is 28.8 Å². The van der Waals surface area contributed by atoms with Crippen molar-refractivity contribution in [3.05, 3.63) is 71.9 Å². The van der Waals surface area contributed by atoms with Crippen LogP contribution in [0, 0.1) is 0 Å². The van der Waals surface area contributed by atoms with E-state index in [1.165, 1.54) is 0 Å². The van der Waals surface area contributed by atoms with Crippen molar-refractivity contribution in [3.8, 4) is 28.9 Å². The number of para-hydroxylation sites is 1. The number of carbonyl (C=O) groups excluding carboxylic acids is 1. The lowest BCUT2D eigenvalue weighted by molar-refractivity contribution is -0.108. The van der Waals surface area contributed by atoms with Gasteiger partial charge in [0.05, 0.1) is 24.4 Å². The second-order valence-corrected chi connectivity index (χ2v) is 10.1. The predicted octanol–water partition coefficient (Wildman–Crippen LogP) is 3.67. The minimum absolute atomic E-state index is 0.0312. The second-order valence-electron chi connectivity index (χ2n) is 9.35. The summed E-state index contributed by atoms with van der Waals surface area (Å²) in [5.74, 6) is 2.62. The van der Waals surface area contributed by atoms with Gasteiger partial charge in [0.15, 0.2) is 17.6 Å². The molecule has 2 atom stereocenters. The highest BCUT2D eigenvalue weighted by Crippen LogP contribution is 2.43. The van der Waals surface area contributed by atoms with E-state index in [-0.39, 0.29) is 19.1 Å². The molecule has 3 aromatic rings. The number of aliphatic hydroxyl groups is 1. The van der Waals surface area contributed by atoms with E-state index >= 15 is 0 Å². The first-order chi connectivity index (χ1) is 18.2. The summed E-state index contributed by atoms with van der Waals surface area (Å²) in [7, 11) is -2.84. The van der Waals surface area contributed by atoms with Gasteiger partial charge in [-0.15, -0.1) is 0 Å². The molecule has 38 heavy (non-hydrogen) atoms. The number of aldehydes is 1. The lowest BCUT2D eigenvalue weighted by Gasteiger charge is -2.16. The number of nitrogens with one attached hydrogen (secondary N) is 1. The Hall–Kier alpha value is -3.67. The SMILES string of the molecule is CC(C)(O)CCOc1ccc(Oc2cccc3c2OC[C@H]3Oc2ccc(C(CC=O)N[SH](=O)=O)cc2)cn1. The highest BCUT2D eigenvalue weighted by atomic mass is 32.2. The molecule has 202 valence electrons. The zero-order valence-electron chi connectivity index (χ0n) is 21.0. The standard InChI is InChI=1S/C27H30N2O8S/c1-27(2,31)13-15-34-25-11-10-20(16-28-25)37-23-5-3-4-21-24(17-35-26(21)23)36-19-8-6-18(7-9-19)22(12-14-30)29-38(32)33/h3-11,14,16,22,24,31,38H,12-13,15,17H2,1-2H3,(H,29,32,33)/t22?,24-/m1/s1. The molecule has 2 N–H and O–H groups in total. The summed E-state index contributed by atoms with van der Waals surface area (Å²) in [6.45, 7) is 4.08. The van der Waals surface area contributed by atoms with Crippen molar-refractivity contribution in [2.75, 3.05) is 13.2 Å². The number of rotatable bonds is 13. The van der Waals surface area contributed by atoms with Gasteiger partial charge in [0.2, 0.25) is 16.8 Å². The summed E-state index contributed by atoms with van der Waals surface area (Å²) >= 11 is 0. The third-order valence-corrected chi connectivity index (χ3v) is 6.31. The van der Waals surface area contributed by atoms with Crippen LogP contribution in [0.1, 0.15) is 50.0 Å². The van der Waals surface area contributed by atoms with E-state index in [1.807, 2.05) is 12.1 Å². The van der Waals surface area contributed by atoms with Crippen LogP contribution in [0.15, 0.2) is 60.8 Å². The lowest BCUT2D eigenvalue weighted by atomic mass is 10.1. The molecule has 1 aliphatic rings. The zero-order valence-corrected chi connectivity index (χ0v) is 21.9. The second kappa shape index (κ2) is 12.2. The van der Waals surface area contributed by atoms with E-state index in [0.717, 1.165) is 5.56 Å². The monoisotopic (exact) mass is 542 g/mol. The van der Waals surface area contributed by atoms with Crippen molar-refractivity contribution >= 4 is 17.2 Å². The largest absolute Gasteiger partial charge is 0.485 e. The van der Waals surface area contributed by atoms with Crippen LogP contribution in [-0.4, -0.2) is 43.6 Å². The van der Waals surface area contributed by atoms with Crippen LogP contribution in [0.25, 0.3) is 0 Å². The Morgan fingerprint density at radius 1 is 1.16 bits per heavy atom. The molecular formula is C27H30N2O8S. The lowest BCUT2D eigenvalue weighted by Crippen LogP contribution is -2.21. The Morgan fingerprint density at radius 2 is 1.92 bits per heavy atom. The maximum atomic E-state index is 11.0. The van der Waals surface area contributed by atoms with Gasteiger partial charge in [-0.25, -0.2) is 18.1 Å². The quantitative estimate of drug-likeness (QED) is 0.218. The molecule has 1 aliphatic heterocycles. The van der Waals surface area contributed by atoms with Gasteiger partial charge in [-0.2, -0.15) is 0 Å². The van der Waals surface area contributed by atoms with Crippen LogP contribution in [0.5, 0.6) is 28.9 Å². The molecule has 4 rings (SSSR count). The Kier molecular flexibility index (Phi) is 8.82. The Labute approximate surface area is 222 Å². The number of hydrogen-bond acceptors (Lipinski definition) is 9. The van der Waals surface area contributed by atoms with E-state index in [2.05, 4.69) is 9.71 Å². The average Bonchev–Trinajstić information content (AvgIpc) is 3.28. The number of benzene rings is 2. The predicted molar refractivity (Wildman–Crippen MR) is 139 cm³/mol. The van der Waals surface area contributed by atoms with Gasteiger partial charge in [0.25, 0.3) is 0 Å². The number of aromatic nitrogens is 1. The van der Waals surface area contributed by atoms with Crippen molar-refractivity contribution < 1.29 is 37.3 Å². The van der Waals surface area contributed by atoms with Crippen molar-refractivity contribution in [2.24, 2.45) is 0 Å². The Balaban J connectivity index is 1.39. The van der Waals surface area contributed by atoms with Gasteiger partial charge in [0.1, 0.15) is 24.4 Å². The molecule has 0 aliphatic carbocycles. The number of thiol groups is 1. The van der Waals surface area contributed by atoms with E-state index in [1.54, 1.807) is 62.5 Å². The van der Waals surface area contributed by atoms with Crippen molar-refractivity contribution in [3.63, 3.8) is 0 Å². The first-order valence-corrected chi connectivity index (χ1v) is 13.3. The molecule has 2 aromatic carbocycles. The minimum atomic E-state index is -2.84. The van der Waals surface area contributed by atoms with Gasteiger partial charge in [-0.3, -0.25) is 0 Å². The van der Waals surface area contributed by atoms with E-state index in [9.17, 15) is 18.3 Å². The van der Waals surface area contributed by atoms with Gasteiger partial charge in [-0.1, -0.05) is 24.3 Å². The van der Waals surface area contributed by atoms with Gasteiger partial charge >= 0.3 is 0 Å². The molecule has 0 spiro atoms. The fourth-order valence-electron chi connectivity index (χ4n) is 3.84. The number of ether oxygens (including phenoxy) is 4. The number of hydrogen-bond donors (Lipinski definition) is 3. The number of pyridine rings is 1. The topological polar surface area (TPSA) is 133 Å². The fraction of sp³-hybridized carbons (Fsp3) is 0.333. The maximum absolute atomic E-state index is 11.0. The fourth-order valence-corrected chi connectivity index (χ4v) is 4.35. The summed E-state index contributed by atoms with van der Waals surface area (Å²) in [6, 6.07) is 15.3. The molecule has 1 aromatic heterocycles. The number of carbonyl (C=O) groups is 1. The summed E-state index contributed by atoms with van der Waals surface area (Å²) in [6.07, 6.45) is 2.37. The van der Waals surface area contributed by atoms with Crippen LogP contribution < -0.4 is 23.7 Å². The summed E-state index contributed by atoms with van der Waals surface area (Å²) in [5, 5.41) is 9.78. The third-order valence-electron chi connectivity index (χ3n) is 5.79. The van der Waals surface area contributed by atoms with Crippen molar-refractivity contribution in [2.45, 2.75) is 44.4 Å². The minimum Gasteiger partial charge on any atom is -0.485 e. The summed E-state index contributed by atoms with van der Waals surface area (Å²) < 4.78 is 48.1. The molecule has 0 saturated carbocycles. The molecule has 0 radical (unpaired) electrons. The molecule has 0 bridgehead atoms. The molecule has 1 unspecified atom stereocenters. The molecule has 2 heterocycles. The summed E-state index contributed by atoms with van der Waals surface area (Å²) in [5.41, 5.74) is 0.681. The van der Waals surface area contributed by atoms with E-state index < -0.39 is 22.5 Å². The van der Waals surface area contributed by atoms with E-state index in [4.69, 9.17) is 18.9 Å². The zero-order chi connectivity index (χ0) is 27.1.